The highest BCUT2D eigenvalue weighted by molar-refractivity contribution is 7.22. The minimum absolute atomic E-state index is 0.128. The summed E-state index contributed by atoms with van der Waals surface area (Å²) in [4.78, 5) is 19.2. The molecule has 0 saturated carbocycles. The number of anilines is 1. The maximum Gasteiger partial charge on any atom is 0.321 e. The molecule has 2 amide bonds. The van der Waals surface area contributed by atoms with Gasteiger partial charge in [-0.2, -0.15) is 0 Å². The van der Waals surface area contributed by atoms with Crippen molar-refractivity contribution in [3.05, 3.63) is 24.3 Å². The van der Waals surface area contributed by atoms with Crippen molar-refractivity contribution in [2.24, 2.45) is 0 Å². The third-order valence-corrected chi connectivity index (χ3v) is 5.64. The largest absolute Gasteiger partial charge is 0.333 e. The van der Waals surface area contributed by atoms with Gasteiger partial charge >= 0.3 is 6.03 Å². The Kier molecular flexibility index (Phi) is 3.72. The molecule has 2 aliphatic rings. The van der Waals surface area contributed by atoms with Crippen LogP contribution in [0.15, 0.2) is 24.3 Å². The van der Waals surface area contributed by atoms with Crippen LogP contribution in [-0.4, -0.2) is 41.1 Å². The first-order chi connectivity index (χ1) is 10.8. The maximum atomic E-state index is 12.2. The number of thiazole rings is 1. The minimum atomic E-state index is -0.128. The molecule has 0 radical (unpaired) electrons. The predicted octanol–water partition coefficient (Wildman–Crippen LogP) is 3.04. The number of carbonyl (C=O) groups excluding carboxylic acids is 1. The number of hydrogen-bond acceptors (Lipinski definition) is 4. The van der Waals surface area contributed by atoms with Crippen molar-refractivity contribution in [2.45, 2.75) is 37.8 Å². The fraction of sp³-hybridized carbons (Fsp3) is 0.500. The summed E-state index contributed by atoms with van der Waals surface area (Å²) in [6.07, 6.45) is 4.82. The van der Waals surface area contributed by atoms with Crippen LogP contribution in [0.5, 0.6) is 0 Å². The van der Waals surface area contributed by atoms with Gasteiger partial charge in [0.25, 0.3) is 0 Å². The van der Waals surface area contributed by atoms with E-state index in [0.29, 0.717) is 11.2 Å². The normalized spacial score (nSPS) is 25.1. The zero-order chi connectivity index (χ0) is 14.9. The van der Waals surface area contributed by atoms with Crippen LogP contribution in [0, 0.1) is 0 Å². The van der Waals surface area contributed by atoms with Crippen LogP contribution < -0.4 is 10.6 Å². The molecule has 3 heterocycles. The Labute approximate surface area is 133 Å². The fourth-order valence-electron chi connectivity index (χ4n) is 3.64. The number of para-hydroxylation sites is 1. The molecule has 5 nitrogen and oxygen atoms in total. The number of rotatable bonds is 2. The molecule has 4 rings (SSSR count). The molecule has 22 heavy (non-hydrogen) atoms. The molecule has 2 N–H and O–H groups in total. The average Bonchev–Trinajstić information content (AvgIpc) is 3.11. The van der Waals surface area contributed by atoms with Crippen molar-refractivity contribution in [2.75, 3.05) is 18.4 Å². The number of fused-ring (bicyclic) bond motifs is 2. The second kappa shape index (κ2) is 5.85. The van der Waals surface area contributed by atoms with E-state index in [0.717, 1.165) is 23.2 Å². The van der Waals surface area contributed by atoms with Gasteiger partial charge in [0.15, 0.2) is 5.13 Å². The van der Waals surface area contributed by atoms with E-state index in [4.69, 9.17) is 0 Å². The summed E-state index contributed by atoms with van der Waals surface area (Å²) < 4.78 is 1.09. The average molecular weight is 316 g/mol. The number of nitrogens with zero attached hydrogens (tertiary/aromatic N) is 2. The zero-order valence-corrected chi connectivity index (χ0v) is 13.2. The quantitative estimate of drug-likeness (QED) is 0.895. The molecule has 0 unspecified atom stereocenters. The van der Waals surface area contributed by atoms with Gasteiger partial charge in [0.1, 0.15) is 0 Å². The van der Waals surface area contributed by atoms with Crippen molar-refractivity contribution in [1.82, 2.24) is 15.2 Å². The predicted molar refractivity (Wildman–Crippen MR) is 89.4 cm³/mol. The van der Waals surface area contributed by atoms with Gasteiger partial charge < -0.3 is 5.32 Å². The SMILES string of the molecule is O=C(Nc1nc2ccccc2s1)N[C@@H]1CCN2CCCC[C@@H]12. The number of aromatic nitrogens is 1. The summed E-state index contributed by atoms with van der Waals surface area (Å²) in [5.41, 5.74) is 0.933. The molecule has 2 aliphatic heterocycles. The fourth-order valence-corrected chi connectivity index (χ4v) is 4.50. The van der Waals surface area contributed by atoms with Gasteiger partial charge in [-0.25, -0.2) is 9.78 Å². The lowest BCUT2D eigenvalue weighted by molar-refractivity contribution is 0.180. The Morgan fingerprint density at radius 1 is 1.23 bits per heavy atom. The Bertz CT molecular complexity index is 653. The standard InChI is InChI=1S/C16H20N4OS/c21-15(17-11-8-10-20-9-4-3-6-13(11)20)19-16-18-12-5-1-2-7-14(12)22-16/h1-2,5,7,11,13H,3-4,6,8-10H2,(H2,17,18,19,21)/t11-,13+/m1/s1. The number of urea groups is 1. The van der Waals surface area contributed by atoms with Gasteiger partial charge in [0.2, 0.25) is 0 Å². The summed E-state index contributed by atoms with van der Waals surface area (Å²) in [6.45, 7) is 2.29. The summed E-state index contributed by atoms with van der Waals surface area (Å²) in [5, 5.41) is 6.70. The van der Waals surface area contributed by atoms with Crippen LogP contribution >= 0.6 is 11.3 Å². The molecular weight excluding hydrogens is 296 g/mol. The number of hydrogen-bond donors (Lipinski definition) is 2. The number of carbonyl (C=O) groups is 1. The first-order valence-electron chi connectivity index (χ1n) is 7.97. The molecule has 1 aromatic heterocycles. The van der Waals surface area contributed by atoms with E-state index in [2.05, 4.69) is 20.5 Å². The van der Waals surface area contributed by atoms with Gasteiger partial charge in [-0.1, -0.05) is 29.9 Å². The lowest BCUT2D eigenvalue weighted by Crippen LogP contribution is -2.47. The molecule has 0 aliphatic carbocycles. The second-order valence-electron chi connectivity index (χ2n) is 6.08. The minimum Gasteiger partial charge on any atom is -0.333 e. The molecule has 2 aromatic rings. The molecule has 2 saturated heterocycles. The van der Waals surface area contributed by atoms with Gasteiger partial charge in [-0.15, -0.1) is 0 Å². The molecule has 2 atom stereocenters. The first kappa shape index (κ1) is 14.0. The zero-order valence-electron chi connectivity index (χ0n) is 12.4. The van der Waals surface area contributed by atoms with E-state index in [1.165, 1.54) is 37.1 Å². The lowest BCUT2D eigenvalue weighted by Gasteiger charge is -2.32. The van der Waals surface area contributed by atoms with E-state index >= 15 is 0 Å². The van der Waals surface area contributed by atoms with Crippen LogP contribution in [0.4, 0.5) is 9.93 Å². The van der Waals surface area contributed by atoms with E-state index in [-0.39, 0.29) is 12.1 Å². The molecular formula is C16H20N4OS. The van der Waals surface area contributed by atoms with Crippen LogP contribution in [0.2, 0.25) is 0 Å². The third kappa shape index (κ3) is 2.68. The Morgan fingerprint density at radius 3 is 3.05 bits per heavy atom. The van der Waals surface area contributed by atoms with Crippen LogP contribution in [0.25, 0.3) is 10.2 Å². The van der Waals surface area contributed by atoms with Crippen LogP contribution in [0.3, 0.4) is 0 Å². The van der Waals surface area contributed by atoms with Crippen LogP contribution in [0.1, 0.15) is 25.7 Å². The highest BCUT2D eigenvalue weighted by Gasteiger charge is 2.36. The van der Waals surface area contributed by atoms with Crippen molar-refractivity contribution < 1.29 is 4.79 Å². The molecule has 0 bridgehead atoms. The van der Waals surface area contributed by atoms with E-state index in [9.17, 15) is 4.79 Å². The van der Waals surface area contributed by atoms with Crippen molar-refractivity contribution in [1.29, 1.82) is 0 Å². The lowest BCUT2D eigenvalue weighted by atomic mass is 9.99. The van der Waals surface area contributed by atoms with Crippen molar-refractivity contribution >= 4 is 32.7 Å². The van der Waals surface area contributed by atoms with E-state index < -0.39 is 0 Å². The topological polar surface area (TPSA) is 57.3 Å². The second-order valence-corrected chi connectivity index (χ2v) is 7.11. The summed E-state index contributed by atoms with van der Waals surface area (Å²) in [7, 11) is 0. The Balaban J connectivity index is 1.40. The summed E-state index contributed by atoms with van der Waals surface area (Å²) >= 11 is 1.51. The molecule has 6 heteroatoms. The highest BCUT2D eigenvalue weighted by atomic mass is 32.1. The van der Waals surface area contributed by atoms with Crippen LogP contribution in [-0.2, 0) is 0 Å². The van der Waals surface area contributed by atoms with Gasteiger partial charge in [-0.05, 0) is 37.9 Å². The number of nitrogens with one attached hydrogen (secondary N) is 2. The van der Waals surface area contributed by atoms with Gasteiger partial charge in [0.05, 0.1) is 10.2 Å². The Morgan fingerprint density at radius 2 is 2.14 bits per heavy atom. The Hall–Kier alpha value is -1.66. The monoisotopic (exact) mass is 316 g/mol. The molecule has 1 aromatic carbocycles. The maximum absolute atomic E-state index is 12.2. The summed E-state index contributed by atoms with van der Waals surface area (Å²) in [6, 6.07) is 8.60. The van der Waals surface area contributed by atoms with Crippen molar-refractivity contribution in [3.8, 4) is 0 Å². The number of benzene rings is 1. The van der Waals surface area contributed by atoms with E-state index in [1.54, 1.807) is 0 Å². The van der Waals surface area contributed by atoms with Gasteiger partial charge in [-0.3, -0.25) is 10.2 Å². The number of amides is 2. The van der Waals surface area contributed by atoms with Gasteiger partial charge in [0, 0.05) is 18.6 Å². The summed E-state index contributed by atoms with van der Waals surface area (Å²) in [5.74, 6) is 0. The molecule has 0 spiro atoms. The third-order valence-electron chi connectivity index (χ3n) is 4.69. The highest BCUT2D eigenvalue weighted by Crippen LogP contribution is 2.28. The smallest absolute Gasteiger partial charge is 0.321 e. The number of piperidine rings is 1. The first-order valence-corrected chi connectivity index (χ1v) is 8.78. The molecule has 116 valence electrons. The van der Waals surface area contributed by atoms with Crippen molar-refractivity contribution in [3.63, 3.8) is 0 Å². The van der Waals surface area contributed by atoms with E-state index in [1.807, 2.05) is 24.3 Å². The molecule has 2 fully saturated rings.